The molecule has 0 saturated carbocycles. The largest absolute Gasteiger partial charge is 0.496 e. The number of para-hydroxylation sites is 1. The van der Waals surface area contributed by atoms with E-state index >= 15 is 0 Å². The molecule has 2 N–H and O–H groups in total. The molecule has 1 atom stereocenters. The molecule has 1 saturated heterocycles. The van der Waals surface area contributed by atoms with Gasteiger partial charge < -0.3 is 15.4 Å². The van der Waals surface area contributed by atoms with Crippen LogP contribution < -0.4 is 15.4 Å². The molecule has 9 heteroatoms. The maximum Gasteiger partial charge on any atom is 0.191 e. The number of aliphatic imine (C=N–C) groups is 1. The van der Waals surface area contributed by atoms with E-state index in [1.54, 1.807) is 21.1 Å². The van der Waals surface area contributed by atoms with Crippen LogP contribution in [0.5, 0.6) is 5.75 Å². The Kier molecular flexibility index (Phi) is 11.1. The van der Waals surface area contributed by atoms with Gasteiger partial charge in [0.15, 0.2) is 15.8 Å². The van der Waals surface area contributed by atoms with Gasteiger partial charge in [-0.25, -0.2) is 8.42 Å². The van der Waals surface area contributed by atoms with E-state index in [1.807, 2.05) is 18.2 Å². The summed E-state index contributed by atoms with van der Waals surface area (Å²) >= 11 is 0. The predicted octanol–water partition coefficient (Wildman–Crippen LogP) is 2.05. The Morgan fingerprint density at radius 2 is 1.93 bits per heavy atom. The van der Waals surface area contributed by atoms with Crippen molar-refractivity contribution in [3.63, 3.8) is 0 Å². The van der Waals surface area contributed by atoms with Crippen molar-refractivity contribution in [1.29, 1.82) is 0 Å². The SMILES string of the molecule is CCS(=O)(=O)CCNC(=NC)NCC(c1ccccc1OC)N1CCCC1.I. The fraction of sp³-hybridized carbons (Fsp3) is 0.632. The van der Waals surface area contributed by atoms with Crippen LogP contribution in [-0.4, -0.2) is 71.1 Å². The van der Waals surface area contributed by atoms with Gasteiger partial charge in [-0.1, -0.05) is 25.1 Å². The van der Waals surface area contributed by atoms with Crippen LogP contribution in [0.3, 0.4) is 0 Å². The second-order valence-electron chi connectivity index (χ2n) is 6.62. The Labute approximate surface area is 186 Å². The number of benzene rings is 1. The highest BCUT2D eigenvalue weighted by atomic mass is 127. The van der Waals surface area contributed by atoms with Gasteiger partial charge in [-0.3, -0.25) is 9.89 Å². The lowest BCUT2D eigenvalue weighted by Gasteiger charge is -2.30. The lowest BCUT2D eigenvalue weighted by atomic mass is 10.0. The number of nitrogens with zero attached hydrogens (tertiary/aromatic N) is 2. The number of nitrogens with one attached hydrogen (secondary N) is 2. The molecule has 160 valence electrons. The number of hydrogen-bond acceptors (Lipinski definition) is 5. The Hall–Kier alpha value is -1.07. The van der Waals surface area contributed by atoms with Crippen LogP contribution in [0.25, 0.3) is 0 Å². The van der Waals surface area contributed by atoms with Crippen LogP contribution in [0.15, 0.2) is 29.3 Å². The number of rotatable bonds is 9. The van der Waals surface area contributed by atoms with Gasteiger partial charge in [0.05, 0.1) is 18.9 Å². The molecule has 7 nitrogen and oxygen atoms in total. The first-order chi connectivity index (χ1) is 13.0. The Morgan fingerprint density at radius 1 is 1.25 bits per heavy atom. The number of guanidine groups is 1. The quantitative estimate of drug-likeness (QED) is 0.293. The van der Waals surface area contributed by atoms with Crippen molar-refractivity contribution < 1.29 is 13.2 Å². The van der Waals surface area contributed by atoms with Crippen molar-refractivity contribution in [2.75, 3.05) is 51.8 Å². The number of halogens is 1. The van der Waals surface area contributed by atoms with E-state index in [2.05, 4.69) is 26.6 Å². The molecule has 2 rings (SSSR count). The van der Waals surface area contributed by atoms with Crippen molar-refractivity contribution >= 4 is 39.8 Å². The molecule has 0 aromatic heterocycles. The zero-order chi connectivity index (χ0) is 19.7. The van der Waals surface area contributed by atoms with E-state index in [1.165, 1.54) is 12.8 Å². The molecule has 1 heterocycles. The predicted molar refractivity (Wildman–Crippen MR) is 126 cm³/mol. The van der Waals surface area contributed by atoms with Gasteiger partial charge in [-0.15, -0.1) is 24.0 Å². The maximum absolute atomic E-state index is 11.6. The Balaban J connectivity index is 0.00000392. The second-order valence-corrected chi connectivity index (χ2v) is 9.09. The summed E-state index contributed by atoms with van der Waals surface area (Å²) in [6.07, 6.45) is 2.40. The standard InChI is InChI=1S/C19H32N4O3S.HI/c1-4-27(24,25)14-11-21-19(20-2)22-15-17(23-12-7-8-13-23)16-9-5-6-10-18(16)26-3;/h5-6,9-10,17H,4,7-8,11-15H2,1-3H3,(H2,20,21,22);1H. The van der Waals surface area contributed by atoms with Crippen LogP contribution in [0, 0.1) is 0 Å². The third-order valence-electron chi connectivity index (χ3n) is 4.91. The highest BCUT2D eigenvalue weighted by Crippen LogP contribution is 2.31. The van der Waals surface area contributed by atoms with Crippen molar-refractivity contribution in [2.45, 2.75) is 25.8 Å². The molecule has 0 spiro atoms. The van der Waals surface area contributed by atoms with Crippen LogP contribution >= 0.6 is 24.0 Å². The van der Waals surface area contributed by atoms with Gasteiger partial charge in [0.2, 0.25) is 0 Å². The third-order valence-corrected chi connectivity index (χ3v) is 6.62. The van der Waals surface area contributed by atoms with Crippen molar-refractivity contribution in [3.8, 4) is 5.75 Å². The highest BCUT2D eigenvalue weighted by molar-refractivity contribution is 14.0. The number of likely N-dealkylation sites (tertiary alicyclic amines) is 1. The van der Waals surface area contributed by atoms with Gasteiger partial charge >= 0.3 is 0 Å². The second kappa shape index (κ2) is 12.5. The molecule has 1 aliphatic rings. The lowest BCUT2D eigenvalue weighted by molar-refractivity contribution is 0.239. The minimum absolute atomic E-state index is 0. The van der Waals surface area contributed by atoms with Crippen LogP contribution in [-0.2, 0) is 9.84 Å². The van der Waals surface area contributed by atoms with Gasteiger partial charge in [-0.05, 0) is 32.0 Å². The molecule has 1 aromatic rings. The molecule has 1 aromatic carbocycles. The molecule has 1 unspecified atom stereocenters. The zero-order valence-corrected chi connectivity index (χ0v) is 20.1. The topological polar surface area (TPSA) is 83.0 Å². The zero-order valence-electron chi connectivity index (χ0n) is 17.0. The van der Waals surface area contributed by atoms with E-state index in [0.29, 0.717) is 19.0 Å². The molecule has 0 amide bonds. The highest BCUT2D eigenvalue weighted by Gasteiger charge is 2.26. The normalized spacial score (nSPS) is 16.3. The minimum atomic E-state index is -2.99. The monoisotopic (exact) mass is 524 g/mol. The smallest absolute Gasteiger partial charge is 0.191 e. The summed E-state index contributed by atoms with van der Waals surface area (Å²) in [4.78, 5) is 6.68. The first kappa shape index (κ1) is 25.0. The first-order valence-corrected chi connectivity index (χ1v) is 11.3. The molecule has 1 aliphatic heterocycles. The van der Waals surface area contributed by atoms with E-state index in [0.717, 1.165) is 24.4 Å². The van der Waals surface area contributed by atoms with Gasteiger partial charge in [0, 0.05) is 31.5 Å². The van der Waals surface area contributed by atoms with Crippen molar-refractivity contribution in [1.82, 2.24) is 15.5 Å². The maximum atomic E-state index is 11.6. The van der Waals surface area contributed by atoms with E-state index in [-0.39, 0.29) is 41.5 Å². The van der Waals surface area contributed by atoms with Crippen LogP contribution in [0.4, 0.5) is 0 Å². The minimum Gasteiger partial charge on any atom is -0.496 e. The van der Waals surface area contributed by atoms with Crippen molar-refractivity contribution in [3.05, 3.63) is 29.8 Å². The number of ether oxygens (including phenoxy) is 1. The molecule has 1 fully saturated rings. The summed E-state index contributed by atoms with van der Waals surface area (Å²) in [7, 11) is 0.399. The van der Waals surface area contributed by atoms with Crippen molar-refractivity contribution in [2.24, 2.45) is 4.99 Å². The number of hydrogen-bond donors (Lipinski definition) is 2. The van der Waals surface area contributed by atoms with Crippen LogP contribution in [0.2, 0.25) is 0 Å². The lowest BCUT2D eigenvalue weighted by Crippen LogP contribution is -2.44. The number of sulfone groups is 1. The summed E-state index contributed by atoms with van der Waals surface area (Å²) in [5.41, 5.74) is 1.15. The molecule has 0 radical (unpaired) electrons. The van der Waals surface area contributed by atoms with E-state index < -0.39 is 9.84 Å². The number of methoxy groups -OCH3 is 1. The average molecular weight is 524 g/mol. The molecule has 0 aliphatic carbocycles. The summed E-state index contributed by atoms with van der Waals surface area (Å²) in [6.45, 7) is 4.80. The summed E-state index contributed by atoms with van der Waals surface area (Å²) in [6, 6.07) is 8.27. The summed E-state index contributed by atoms with van der Waals surface area (Å²) < 4.78 is 28.9. The molecule has 28 heavy (non-hydrogen) atoms. The summed E-state index contributed by atoms with van der Waals surface area (Å²) in [5.74, 6) is 1.76. The Morgan fingerprint density at radius 3 is 2.54 bits per heavy atom. The molecule has 0 bridgehead atoms. The van der Waals surface area contributed by atoms with E-state index in [9.17, 15) is 8.42 Å². The fourth-order valence-corrected chi connectivity index (χ4v) is 4.02. The Bertz CT molecular complexity index is 722. The molecular weight excluding hydrogens is 491 g/mol. The van der Waals surface area contributed by atoms with Gasteiger partial charge in [0.1, 0.15) is 5.75 Å². The third kappa shape index (κ3) is 7.40. The molecular formula is C19H33IN4O3S. The van der Waals surface area contributed by atoms with Gasteiger partial charge in [0.25, 0.3) is 0 Å². The summed E-state index contributed by atoms with van der Waals surface area (Å²) in [5, 5.41) is 6.44. The first-order valence-electron chi connectivity index (χ1n) is 9.52. The van der Waals surface area contributed by atoms with Gasteiger partial charge in [-0.2, -0.15) is 0 Å². The van der Waals surface area contributed by atoms with Crippen LogP contribution in [0.1, 0.15) is 31.4 Å². The fourth-order valence-electron chi connectivity index (χ4n) is 3.31. The van der Waals surface area contributed by atoms with E-state index in [4.69, 9.17) is 4.74 Å². The average Bonchev–Trinajstić information content (AvgIpc) is 3.21.